The number of ether oxygens (including phenoxy) is 1. The molecule has 0 aromatic rings. The van der Waals surface area contributed by atoms with Crippen molar-refractivity contribution in [3.8, 4) is 6.07 Å². The van der Waals surface area contributed by atoms with Crippen LogP contribution in [-0.4, -0.2) is 17.7 Å². The normalized spacial score (nSPS) is 39.5. The van der Waals surface area contributed by atoms with Crippen molar-refractivity contribution in [3.05, 3.63) is 10.4 Å². The molecule has 82 valence electrons. The lowest BCUT2D eigenvalue weighted by Gasteiger charge is -2.26. The summed E-state index contributed by atoms with van der Waals surface area (Å²) in [7, 11) is 0. The third-order valence-corrected chi connectivity index (χ3v) is 3.41. The molecular formula is C10H16N4O. The van der Waals surface area contributed by atoms with Gasteiger partial charge in [0.25, 0.3) is 0 Å². The fourth-order valence-corrected chi connectivity index (χ4v) is 2.18. The van der Waals surface area contributed by atoms with Crippen LogP contribution >= 0.6 is 0 Å². The van der Waals surface area contributed by atoms with E-state index in [0.29, 0.717) is 0 Å². The average Bonchev–Trinajstić information content (AvgIpc) is 2.44. The number of azide groups is 1. The Bertz CT molecular complexity index is 318. The van der Waals surface area contributed by atoms with Crippen LogP contribution in [0.4, 0.5) is 0 Å². The number of hydrogen-bond donors (Lipinski definition) is 0. The molecular weight excluding hydrogens is 192 g/mol. The monoisotopic (exact) mass is 208 g/mol. The van der Waals surface area contributed by atoms with Gasteiger partial charge < -0.3 is 4.74 Å². The Balaban J connectivity index is 2.98. The van der Waals surface area contributed by atoms with Crippen LogP contribution in [0.25, 0.3) is 10.4 Å². The zero-order chi connectivity index (χ0) is 11.5. The molecule has 0 spiro atoms. The summed E-state index contributed by atoms with van der Waals surface area (Å²) in [5, 5.41) is 12.5. The van der Waals surface area contributed by atoms with E-state index in [2.05, 4.69) is 16.1 Å². The summed E-state index contributed by atoms with van der Waals surface area (Å²) in [6.45, 7) is 5.92. The molecule has 1 saturated heterocycles. The second kappa shape index (κ2) is 4.52. The Hall–Kier alpha value is -1.24. The summed E-state index contributed by atoms with van der Waals surface area (Å²) in [4.78, 5) is 2.88. The summed E-state index contributed by atoms with van der Waals surface area (Å²) in [5.74, 6) is 0.150. The maximum atomic E-state index is 8.71. The van der Waals surface area contributed by atoms with Gasteiger partial charge in [0.1, 0.15) is 0 Å². The second-order valence-electron chi connectivity index (χ2n) is 4.14. The first kappa shape index (κ1) is 11.8. The van der Waals surface area contributed by atoms with Crippen molar-refractivity contribution in [2.75, 3.05) is 0 Å². The van der Waals surface area contributed by atoms with Gasteiger partial charge in [-0.1, -0.05) is 25.9 Å². The van der Waals surface area contributed by atoms with E-state index in [1.165, 1.54) is 0 Å². The van der Waals surface area contributed by atoms with Crippen LogP contribution in [0.1, 0.15) is 33.6 Å². The summed E-state index contributed by atoms with van der Waals surface area (Å²) in [6.07, 6.45) is 0.952. The first-order valence-electron chi connectivity index (χ1n) is 5.18. The molecule has 5 nitrogen and oxygen atoms in total. The summed E-state index contributed by atoms with van der Waals surface area (Å²) < 4.78 is 5.74. The van der Waals surface area contributed by atoms with Gasteiger partial charge in [-0.2, -0.15) is 5.26 Å². The highest BCUT2D eigenvalue weighted by molar-refractivity contribution is 5.06. The zero-order valence-corrected chi connectivity index (χ0v) is 9.34. The van der Waals surface area contributed by atoms with Crippen LogP contribution in [0.15, 0.2) is 5.11 Å². The second-order valence-corrected chi connectivity index (χ2v) is 4.14. The fraction of sp³-hybridized carbons (Fsp3) is 0.900. The van der Waals surface area contributed by atoms with E-state index in [1.807, 2.05) is 20.8 Å². The zero-order valence-electron chi connectivity index (χ0n) is 9.34. The lowest BCUT2D eigenvalue weighted by Crippen LogP contribution is -2.37. The van der Waals surface area contributed by atoms with Gasteiger partial charge in [-0.15, -0.1) is 0 Å². The van der Waals surface area contributed by atoms with Gasteiger partial charge in [0.05, 0.1) is 30.2 Å². The van der Waals surface area contributed by atoms with E-state index in [4.69, 9.17) is 15.5 Å². The molecule has 0 amide bonds. The molecule has 0 saturated carbocycles. The predicted octanol–water partition coefficient (Wildman–Crippen LogP) is 2.78. The maximum Gasteiger partial charge on any atom is 0.0822 e. The molecule has 0 aliphatic carbocycles. The van der Waals surface area contributed by atoms with E-state index in [0.717, 1.165) is 6.42 Å². The Kier molecular flexibility index (Phi) is 3.57. The Morgan fingerprint density at radius 1 is 1.67 bits per heavy atom. The van der Waals surface area contributed by atoms with Crippen molar-refractivity contribution >= 4 is 0 Å². The Morgan fingerprint density at radius 2 is 2.33 bits per heavy atom. The van der Waals surface area contributed by atoms with E-state index in [-0.39, 0.29) is 24.5 Å². The van der Waals surface area contributed by atoms with E-state index >= 15 is 0 Å². The lowest BCUT2D eigenvalue weighted by molar-refractivity contribution is 0.0288. The predicted molar refractivity (Wildman–Crippen MR) is 55.9 cm³/mol. The molecule has 0 aromatic carbocycles. The van der Waals surface area contributed by atoms with Crippen LogP contribution in [0.3, 0.4) is 0 Å². The van der Waals surface area contributed by atoms with E-state index in [1.54, 1.807) is 0 Å². The largest absolute Gasteiger partial charge is 0.373 e. The molecule has 5 heteroatoms. The third-order valence-electron chi connectivity index (χ3n) is 3.41. The topological polar surface area (TPSA) is 81.8 Å². The molecule has 1 aliphatic rings. The average molecular weight is 208 g/mol. The van der Waals surface area contributed by atoms with Gasteiger partial charge in [-0.3, -0.25) is 0 Å². The standard InChI is InChI=1S/C10H16N4O/c1-4-8-7(2)10(3,13-14-12)9(15-8)5-6-11/h7-9H,4-5H2,1-3H3/t7-,8-,9?,10-/m1/s1. The smallest absolute Gasteiger partial charge is 0.0822 e. The highest BCUT2D eigenvalue weighted by Crippen LogP contribution is 2.41. The lowest BCUT2D eigenvalue weighted by atomic mass is 9.81. The van der Waals surface area contributed by atoms with Gasteiger partial charge in [0.15, 0.2) is 0 Å². The van der Waals surface area contributed by atoms with Crippen molar-refractivity contribution in [2.24, 2.45) is 11.0 Å². The quantitative estimate of drug-likeness (QED) is 0.406. The fourth-order valence-electron chi connectivity index (χ4n) is 2.18. The highest BCUT2D eigenvalue weighted by Gasteiger charge is 2.49. The summed E-state index contributed by atoms with van der Waals surface area (Å²) >= 11 is 0. The number of nitrogens with zero attached hydrogens (tertiary/aromatic N) is 4. The molecule has 0 bridgehead atoms. The van der Waals surface area contributed by atoms with Crippen LogP contribution in [0.2, 0.25) is 0 Å². The molecule has 15 heavy (non-hydrogen) atoms. The molecule has 1 heterocycles. The van der Waals surface area contributed by atoms with Crippen molar-refractivity contribution in [2.45, 2.75) is 51.4 Å². The SMILES string of the molecule is CC[C@H]1OC(CC#N)[C@](C)(N=[N+]=[N-])[C@@H]1C. The number of nitriles is 1. The van der Waals surface area contributed by atoms with E-state index in [9.17, 15) is 0 Å². The Morgan fingerprint density at radius 3 is 2.80 bits per heavy atom. The van der Waals surface area contributed by atoms with Crippen molar-refractivity contribution in [1.82, 2.24) is 0 Å². The summed E-state index contributed by atoms with van der Waals surface area (Å²) in [6, 6.07) is 2.08. The van der Waals surface area contributed by atoms with Crippen LogP contribution in [-0.2, 0) is 4.74 Å². The molecule has 4 atom stereocenters. The van der Waals surface area contributed by atoms with Crippen LogP contribution < -0.4 is 0 Å². The minimum absolute atomic E-state index is 0.0823. The van der Waals surface area contributed by atoms with Gasteiger partial charge in [0, 0.05) is 4.91 Å². The molecule has 1 fully saturated rings. The van der Waals surface area contributed by atoms with Gasteiger partial charge in [-0.25, -0.2) is 0 Å². The molecule has 0 N–H and O–H groups in total. The van der Waals surface area contributed by atoms with Crippen LogP contribution in [0, 0.1) is 17.2 Å². The van der Waals surface area contributed by atoms with Crippen LogP contribution in [0.5, 0.6) is 0 Å². The highest BCUT2D eigenvalue weighted by atomic mass is 16.5. The van der Waals surface area contributed by atoms with Gasteiger partial charge in [0.2, 0.25) is 0 Å². The van der Waals surface area contributed by atoms with Crippen molar-refractivity contribution in [3.63, 3.8) is 0 Å². The number of rotatable bonds is 3. The van der Waals surface area contributed by atoms with Crippen molar-refractivity contribution in [1.29, 1.82) is 5.26 Å². The first-order valence-corrected chi connectivity index (χ1v) is 5.18. The minimum atomic E-state index is -0.592. The molecule has 1 unspecified atom stereocenters. The summed E-state index contributed by atoms with van der Waals surface area (Å²) in [5.41, 5.74) is 7.98. The maximum absolute atomic E-state index is 8.71. The van der Waals surface area contributed by atoms with Crippen molar-refractivity contribution < 1.29 is 4.74 Å². The van der Waals surface area contributed by atoms with Gasteiger partial charge in [-0.05, 0) is 17.9 Å². The van der Waals surface area contributed by atoms with E-state index < -0.39 is 5.54 Å². The molecule has 0 aromatic heterocycles. The first-order chi connectivity index (χ1) is 7.10. The Labute approximate surface area is 89.7 Å². The van der Waals surface area contributed by atoms with Gasteiger partial charge >= 0.3 is 0 Å². The molecule has 1 rings (SSSR count). The molecule has 0 radical (unpaired) electrons. The third kappa shape index (κ3) is 1.92. The number of hydrogen-bond acceptors (Lipinski definition) is 3. The minimum Gasteiger partial charge on any atom is -0.373 e. The molecule has 1 aliphatic heterocycles.